The van der Waals surface area contributed by atoms with Crippen LogP contribution in [-0.2, 0) is 26.0 Å². The first-order valence-electron chi connectivity index (χ1n) is 11.7. The van der Waals surface area contributed by atoms with Crippen LogP contribution in [0.3, 0.4) is 0 Å². The Morgan fingerprint density at radius 3 is 2.62 bits per heavy atom. The summed E-state index contributed by atoms with van der Waals surface area (Å²) in [7, 11) is -3.66. The number of carbonyl (C=O) groups excluding carboxylic acids is 1. The number of nitrogens with two attached hydrogens (primary N) is 1. The van der Waals surface area contributed by atoms with Crippen molar-refractivity contribution in [2.75, 3.05) is 43.2 Å². The SMILES string of the molecule is Nn1c(Cc2cccc3ccccc23)nnc1SCC(=O)Nc1cccc(S(=O)(=O)N2CCOCC2)c1. The van der Waals surface area contributed by atoms with Crippen LogP contribution in [-0.4, -0.2) is 65.6 Å². The summed E-state index contributed by atoms with van der Waals surface area (Å²) >= 11 is 1.15. The second kappa shape index (κ2) is 10.9. The number of anilines is 1. The van der Waals surface area contributed by atoms with Gasteiger partial charge in [-0.05, 0) is 34.5 Å². The van der Waals surface area contributed by atoms with Crippen LogP contribution in [0.2, 0.25) is 0 Å². The summed E-state index contributed by atoms with van der Waals surface area (Å²) in [5.74, 6) is 6.53. The summed E-state index contributed by atoms with van der Waals surface area (Å²) < 4.78 is 33.8. The van der Waals surface area contributed by atoms with E-state index in [1.165, 1.54) is 21.1 Å². The molecule has 0 saturated carbocycles. The highest BCUT2D eigenvalue weighted by molar-refractivity contribution is 7.99. The molecule has 3 N–H and O–H groups in total. The van der Waals surface area contributed by atoms with Crippen molar-refractivity contribution in [3.05, 3.63) is 78.1 Å². The molecule has 192 valence electrons. The quantitative estimate of drug-likeness (QED) is 0.258. The molecule has 1 fully saturated rings. The highest BCUT2D eigenvalue weighted by atomic mass is 32.2. The number of nitrogens with zero attached hydrogens (tertiary/aromatic N) is 4. The van der Waals surface area contributed by atoms with Gasteiger partial charge in [-0.15, -0.1) is 10.2 Å². The van der Waals surface area contributed by atoms with Crippen LogP contribution in [0.5, 0.6) is 0 Å². The van der Waals surface area contributed by atoms with Gasteiger partial charge in [0.1, 0.15) is 0 Å². The van der Waals surface area contributed by atoms with E-state index in [0.29, 0.717) is 49.4 Å². The Kier molecular flexibility index (Phi) is 7.42. The fraction of sp³-hybridized carbons (Fsp3) is 0.240. The van der Waals surface area contributed by atoms with E-state index >= 15 is 0 Å². The number of nitrogens with one attached hydrogen (secondary N) is 1. The third-order valence-corrected chi connectivity index (χ3v) is 8.86. The predicted molar refractivity (Wildman–Crippen MR) is 142 cm³/mol. The molecule has 2 heterocycles. The van der Waals surface area contributed by atoms with Gasteiger partial charge in [0.15, 0.2) is 5.82 Å². The van der Waals surface area contributed by atoms with E-state index in [-0.39, 0.29) is 16.6 Å². The van der Waals surface area contributed by atoms with Crippen molar-refractivity contribution in [2.45, 2.75) is 16.5 Å². The summed E-state index contributed by atoms with van der Waals surface area (Å²) in [6.45, 7) is 1.33. The summed E-state index contributed by atoms with van der Waals surface area (Å²) in [5, 5.41) is 13.8. The number of rotatable bonds is 8. The number of ether oxygens (including phenoxy) is 1. The molecule has 12 heteroatoms. The van der Waals surface area contributed by atoms with Crippen LogP contribution >= 0.6 is 11.8 Å². The number of hydrogen-bond acceptors (Lipinski definition) is 8. The molecule has 1 amide bonds. The topological polar surface area (TPSA) is 132 Å². The first kappa shape index (κ1) is 25.2. The summed E-state index contributed by atoms with van der Waals surface area (Å²) in [5.41, 5.74) is 1.48. The van der Waals surface area contributed by atoms with E-state index in [9.17, 15) is 13.2 Å². The second-order valence-electron chi connectivity index (χ2n) is 8.46. The number of hydrogen-bond donors (Lipinski definition) is 2. The van der Waals surface area contributed by atoms with Crippen LogP contribution in [0, 0.1) is 0 Å². The minimum Gasteiger partial charge on any atom is -0.379 e. The molecule has 0 unspecified atom stereocenters. The first-order valence-corrected chi connectivity index (χ1v) is 14.1. The Bertz CT molecular complexity index is 1530. The monoisotopic (exact) mass is 538 g/mol. The first-order chi connectivity index (χ1) is 17.9. The van der Waals surface area contributed by atoms with Gasteiger partial charge in [0.05, 0.1) is 23.9 Å². The Morgan fingerprint density at radius 2 is 1.78 bits per heavy atom. The molecule has 0 aliphatic carbocycles. The molecule has 37 heavy (non-hydrogen) atoms. The third-order valence-electron chi connectivity index (χ3n) is 6.02. The van der Waals surface area contributed by atoms with Crippen molar-refractivity contribution < 1.29 is 17.9 Å². The van der Waals surface area contributed by atoms with E-state index in [1.54, 1.807) is 12.1 Å². The number of carbonyl (C=O) groups is 1. The van der Waals surface area contributed by atoms with Crippen LogP contribution in [0.15, 0.2) is 76.8 Å². The van der Waals surface area contributed by atoms with Gasteiger partial charge < -0.3 is 15.9 Å². The zero-order valence-corrected chi connectivity index (χ0v) is 21.5. The highest BCUT2D eigenvalue weighted by Gasteiger charge is 2.26. The Balaban J connectivity index is 1.21. The number of fused-ring (bicyclic) bond motifs is 1. The van der Waals surface area contributed by atoms with Crippen molar-refractivity contribution >= 4 is 44.2 Å². The lowest BCUT2D eigenvalue weighted by atomic mass is 10.0. The lowest BCUT2D eigenvalue weighted by Gasteiger charge is -2.26. The lowest BCUT2D eigenvalue weighted by Crippen LogP contribution is -2.40. The summed E-state index contributed by atoms with van der Waals surface area (Å²) in [6, 6.07) is 20.4. The highest BCUT2D eigenvalue weighted by Crippen LogP contribution is 2.23. The zero-order valence-electron chi connectivity index (χ0n) is 19.9. The molecule has 0 spiro atoms. The van der Waals surface area contributed by atoms with Gasteiger partial charge in [-0.2, -0.15) is 4.31 Å². The molecule has 5 rings (SSSR count). The molecule has 4 aromatic rings. The van der Waals surface area contributed by atoms with Crippen molar-refractivity contribution in [3.8, 4) is 0 Å². The van der Waals surface area contributed by atoms with Crippen molar-refractivity contribution in [1.82, 2.24) is 19.2 Å². The molecule has 1 aromatic heterocycles. The number of morpholine rings is 1. The average molecular weight is 539 g/mol. The van der Waals surface area contributed by atoms with Gasteiger partial charge in [0.2, 0.25) is 21.1 Å². The van der Waals surface area contributed by atoms with Gasteiger partial charge in [0, 0.05) is 25.2 Å². The molecular formula is C25H26N6O4S2. The molecule has 0 bridgehead atoms. The maximum Gasteiger partial charge on any atom is 0.243 e. The lowest BCUT2D eigenvalue weighted by molar-refractivity contribution is -0.113. The second-order valence-corrected chi connectivity index (χ2v) is 11.3. The van der Waals surface area contributed by atoms with Crippen molar-refractivity contribution in [2.24, 2.45) is 0 Å². The van der Waals surface area contributed by atoms with E-state index in [0.717, 1.165) is 28.1 Å². The van der Waals surface area contributed by atoms with Gasteiger partial charge in [-0.1, -0.05) is 60.3 Å². The average Bonchev–Trinajstić information content (AvgIpc) is 3.27. The maximum absolute atomic E-state index is 12.9. The van der Waals surface area contributed by atoms with E-state index in [4.69, 9.17) is 10.6 Å². The number of sulfonamides is 1. The van der Waals surface area contributed by atoms with Gasteiger partial charge in [-0.3, -0.25) is 4.79 Å². The molecule has 0 atom stereocenters. The van der Waals surface area contributed by atoms with E-state index in [1.807, 2.05) is 24.3 Å². The van der Waals surface area contributed by atoms with Gasteiger partial charge in [0.25, 0.3) is 0 Å². The minimum atomic E-state index is -3.66. The summed E-state index contributed by atoms with van der Waals surface area (Å²) in [4.78, 5) is 12.7. The van der Waals surface area contributed by atoms with Gasteiger partial charge in [-0.25, -0.2) is 13.1 Å². The van der Waals surface area contributed by atoms with E-state index < -0.39 is 10.0 Å². The van der Waals surface area contributed by atoms with Crippen molar-refractivity contribution in [1.29, 1.82) is 0 Å². The number of thioether (sulfide) groups is 1. The van der Waals surface area contributed by atoms with Crippen LogP contribution in [0.1, 0.15) is 11.4 Å². The fourth-order valence-electron chi connectivity index (χ4n) is 4.14. The molecule has 3 aromatic carbocycles. The number of benzene rings is 3. The normalized spacial score (nSPS) is 14.6. The van der Waals surface area contributed by atoms with Crippen LogP contribution in [0.4, 0.5) is 5.69 Å². The molecule has 1 aliphatic heterocycles. The Morgan fingerprint density at radius 1 is 1.03 bits per heavy atom. The number of aromatic nitrogens is 3. The number of amides is 1. The molecule has 1 saturated heterocycles. The minimum absolute atomic E-state index is 0.0318. The fourth-order valence-corrected chi connectivity index (χ4v) is 6.27. The third kappa shape index (κ3) is 5.62. The largest absolute Gasteiger partial charge is 0.379 e. The standard InChI is InChI=1S/C25H26N6O4S2/c26-31-23(15-19-7-3-6-18-5-1-2-10-22(18)19)28-29-25(31)36-17-24(32)27-20-8-4-9-21(16-20)37(33,34)30-11-13-35-14-12-30/h1-10,16H,11-15,17,26H2,(H,27,32). The molecule has 1 aliphatic rings. The zero-order chi connectivity index (χ0) is 25.8. The van der Waals surface area contributed by atoms with Crippen LogP contribution in [0.25, 0.3) is 10.8 Å². The predicted octanol–water partition coefficient (Wildman–Crippen LogP) is 2.49. The smallest absolute Gasteiger partial charge is 0.243 e. The number of nitrogen functional groups attached to an aromatic ring is 1. The Hall–Kier alpha value is -3.45. The van der Waals surface area contributed by atoms with E-state index in [2.05, 4.69) is 33.7 Å². The molecular weight excluding hydrogens is 512 g/mol. The Labute approximate surface area is 218 Å². The molecule has 10 nitrogen and oxygen atoms in total. The summed E-state index contributed by atoms with van der Waals surface area (Å²) in [6.07, 6.45) is 0.502. The van der Waals surface area contributed by atoms with Crippen LogP contribution < -0.4 is 11.2 Å². The maximum atomic E-state index is 12.9. The molecule has 0 radical (unpaired) electrons. The van der Waals surface area contributed by atoms with Gasteiger partial charge >= 0.3 is 0 Å². The van der Waals surface area contributed by atoms with Crippen molar-refractivity contribution in [3.63, 3.8) is 0 Å².